The van der Waals surface area contributed by atoms with Crippen molar-refractivity contribution in [3.05, 3.63) is 52.1 Å². The van der Waals surface area contributed by atoms with E-state index >= 15 is 0 Å². The van der Waals surface area contributed by atoms with Crippen LogP contribution < -0.4 is 0 Å². The fourth-order valence-electron chi connectivity index (χ4n) is 1.30. The molecule has 0 heterocycles. The number of hydrogen-bond donors (Lipinski definition) is 0. The topological polar surface area (TPSA) is 37.4 Å². The van der Waals surface area contributed by atoms with E-state index in [0.717, 1.165) is 5.56 Å². The fraction of sp³-hybridized carbons (Fsp3) is 0.167. The molecule has 0 aromatic heterocycles. The van der Waals surface area contributed by atoms with Crippen LogP contribution in [-0.4, -0.2) is 19.3 Å². The third-order valence-electron chi connectivity index (χ3n) is 2.18. The van der Waals surface area contributed by atoms with Gasteiger partial charge in [-0.3, -0.25) is 4.31 Å². The molecule has 1 rings (SSSR count). The molecule has 0 amide bonds. The lowest BCUT2D eigenvalue weighted by Gasteiger charge is -2.19. The maximum Gasteiger partial charge on any atom is 0.264 e. The summed E-state index contributed by atoms with van der Waals surface area (Å²) in [5, 5.41) is 0. The van der Waals surface area contributed by atoms with Crippen LogP contribution in [-0.2, 0) is 10.0 Å². The Labute approximate surface area is 124 Å². The molecule has 0 unspecified atom stereocenters. The predicted octanol–water partition coefficient (Wildman–Crippen LogP) is 3.76. The van der Waals surface area contributed by atoms with E-state index < -0.39 is 10.0 Å². The number of benzene rings is 1. The monoisotopic (exact) mass is 393 g/mol. The Morgan fingerprint density at radius 3 is 2.33 bits per heavy atom. The highest BCUT2D eigenvalue weighted by Crippen LogP contribution is 2.21. The second kappa shape index (κ2) is 6.54. The lowest BCUT2D eigenvalue weighted by atomic mass is 10.2. The number of halogens is 2. The molecular weight excluding hydrogens is 382 g/mol. The van der Waals surface area contributed by atoms with E-state index in [1.165, 1.54) is 16.6 Å². The molecule has 0 bridgehead atoms. The van der Waals surface area contributed by atoms with Crippen molar-refractivity contribution in [1.29, 1.82) is 0 Å². The Hall–Kier alpha value is -0.590. The van der Waals surface area contributed by atoms with Gasteiger partial charge in [0.25, 0.3) is 10.0 Å². The molecule has 1 aromatic carbocycles. The van der Waals surface area contributed by atoms with Gasteiger partial charge in [-0.15, -0.1) is 6.58 Å². The summed E-state index contributed by atoms with van der Waals surface area (Å²) in [7, 11) is -3.55. The molecule has 18 heavy (non-hydrogen) atoms. The van der Waals surface area contributed by atoms with E-state index in [-0.39, 0.29) is 11.4 Å². The molecule has 6 heteroatoms. The first-order chi connectivity index (χ1) is 8.37. The second-order valence-corrected chi connectivity index (χ2v) is 8.26. The largest absolute Gasteiger partial charge is 0.268 e. The zero-order valence-corrected chi connectivity index (χ0v) is 13.8. The van der Waals surface area contributed by atoms with Gasteiger partial charge in [-0.2, -0.15) is 0 Å². The Balaban J connectivity index is 3.20. The van der Waals surface area contributed by atoms with Crippen molar-refractivity contribution in [2.75, 3.05) is 6.54 Å². The lowest BCUT2D eigenvalue weighted by Crippen LogP contribution is -2.26. The van der Waals surface area contributed by atoms with E-state index in [2.05, 4.69) is 38.4 Å². The van der Waals surface area contributed by atoms with Gasteiger partial charge in [0, 0.05) is 6.20 Å². The normalized spacial score (nSPS) is 10.8. The quantitative estimate of drug-likeness (QED) is 0.713. The summed E-state index contributed by atoms with van der Waals surface area (Å²) in [6, 6.07) is 6.73. The molecule has 1 aromatic rings. The average Bonchev–Trinajstić information content (AvgIpc) is 2.28. The molecule has 0 aliphatic heterocycles. The van der Waals surface area contributed by atoms with E-state index in [9.17, 15) is 8.42 Å². The SMILES string of the molecule is C=CCN(C=C(Br)Br)S(=O)(=O)c1ccc(C)cc1. The summed E-state index contributed by atoms with van der Waals surface area (Å²) >= 11 is 6.32. The number of rotatable bonds is 5. The van der Waals surface area contributed by atoms with Gasteiger partial charge in [0.05, 0.1) is 14.8 Å². The van der Waals surface area contributed by atoms with Gasteiger partial charge < -0.3 is 0 Å². The summed E-state index contributed by atoms with van der Waals surface area (Å²) < 4.78 is 26.5. The highest BCUT2D eigenvalue weighted by Gasteiger charge is 2.20. The molecule has 3 nitrogen and oxygen atoms in total. The maximum absolute atomic E-state index is 12.4. The molecule has 0 saturated heterocycles. The maximum atomic E-state index is 12.4. The molecule has 0 aliphatic rings. The molecule has 98 valence electrons. The third-order valence-corrected chi connectivity index (χ3v) is 4.33. The molecule has 0 spiro atoms. The van der Waals surface area contributed by atoms with Crippen LogP contribution in [0.1, 0.15) is 5.56 Å². The van der Waals surface area contributed by atoms with E-state index in [1.54, 1.807) is 24.3 Å². The molecule has 0 radical (unpaired) electrons. The first kappa shape index (κ1) is 15.5. The van der Waals surface area contributed by atoms with Crippen LogP contribution in [0.5, 0.6) is 0 Å². The molecule has 0 N–H and O–H groups in total. The molecular formula is C12H13Br2NO2S. The Kier molecular flexibility index (Phi) is 5.62. The van der Waals surface area contributed by atoms with E-state index in [1.807, 2.05) is 6.92 Å². The zero-order valence-electron chi connectivity index (χ0n) is 9.81. The van der Waals surface area contributed by atoms with Gasteiger partial charge in [-0.25, -0.2) is 8.42 Å². The average molecular weight is 395 g/mol. The summed E-state index contributed by atoms with van der Waals surface area (Å²) in [6.07, 6.45) is 2.99. The van der Waals surface area contributed by atoms with Crippen molar-refractivity contribution < 1.29 is 8.42 Å². The van der Waals surface area contributed by atoms with Crippen molar-refractivity contribution in [3.63, 3.8) is 0 Å². The standard InChI is InChI=1S/C12H13Br2NO2S/c1-3-8-15(9-12(13)14)18(16,17)11-6-4-10(2)5-7-11/h3-7,9H,1,8H2,2H3. The van der Waals surface area contributed by atoms with Crippen LogP contribution in [0.25, 0.3) is 0 Å². The molecule has 0 saturated carbocycles. The summed E-state index contributed by atoms with van der Waals surface area (Å²) in [5.41, 5.74) is 1.02. The number of aryl methyl sites for hydroxylation is 1. The fourth-order valence-corrected chi connectivity index (χ4v) is 3.36. The minimum atomic E-state index is -3.55. The summed E-state index contributed by atoms with van der Waals surface area (Å²) in [6.45, 7) is 5.68. The zero-order chi connectivity index (χ0) is 13.8. The van der Waals surface area contributed by atoms with Crippen molar-refractivity contribution in [2.24, 2.45) is 0 Å². The first-order valence-corrected chi connectivity index (χ1v) is 8.13. The minimum Gasteiger partial charge on any atom is -0.268 e. The number of sulfonamides is 1. The van der Waals surface area contributed by atoms with Crippen LogP contribution in [0.3, 0.4) is 0 Å². The number of nitrogens with zero attached hydrogens (tertiary/aromatic N) is 1. The van der Waals surface area contributed by atoms with Gasteiger partial charge in [0.15, 0.2) is 0 Å². The van der Waals surface area contributed by atoms with Gasteiger partial charge in [-0.1, -0.05) is 23.8 Å². The molecule has 0 atom stereocenters. The minimum absolute atomic E-state index is 0.205. The van der Waals surface area contributed by atoms with Crippen LogP contribution in [0.15, 0.2) is 51.4 Å². The third kappa shape index (κ3) is 3.96. The summed E-state index contributed by atoms with van der Waals surface area (Å²) in [4.78, 5) is 0.257. The Morgan fingerprint density at radius 1 is 1.33 bits per heavy atom. The van der Waals surface area contributed by atoms with Gasteiger partial charge >= 0.3 is 0 Å². The second-order valence-electron chi connectivity index (χ2n) is 3.60. The lowest BCUT2D eigenvalue weighted by molar-refractivity contribution is 0.523. The highest BCUT2D eigenvalue weighted by atomic mass is 79.9. The predicted molar refractivity (Wildman–Crippen MR) is 81.2 cm³/mol. The van der Waals surface area contributed by atoms with Gasteiger partial charge in [0.2, 0.25) is 0 Å². The Morgan fingerprint density at radius 2 is 1.89 bits per heavy atom. The van der Waals surface area contributed by atoms with E-state index in [0.29, 0.717) is 3.39 Å². The van der Waals surface area contributed by atoms with Crippen LogP contribution in [0.4, 0.5) is 0 Å². The van der Waals surface area contributed by atoms with Crippen LogP contribution >= 0.6 is 31.9 Å². The smallest absolute Gasteiger partial charge is 0.264 e. The summed E-state index contributed by atoms with van der Waals surface area (Å²) in [5.74, 6) is 0. The van der Waals surface area contributed by atoms with Crippen LogP contribution in [0.2, 0.25) is 0 Å². The Bertz CT molecular complexity index is 546. The van der Waals surface area contributed by atoms with Crippen LogP contribution in [0, 0.1) is 6.92 Å². The van der Waals surface area contributed by atoms with Gasteiger partial charge in [-0.05, 0) is 50.9 Å². The first-order valence-electron chi connectivity index (χ1n) is 5.10. The number of hydrogen-bond acceptors (Lipinski definition) is 2. The van der Waals surface area contributed by atoms with Crippen molar-refractivity contribution >= 4 is 41.9 Å². The van der Waals surface area contributed by atoms with Gasteiger partial charge in [0.1, 0.15) is 0 Å². The van der Waals surface area contributed by atoms with Crippen molar-refractivity contribution in [1.82, 2.24) is 4.31 Å². The molecule has 0 aliphatic carbocycles. The van der Waals surface area contributed by atoms with Crippen molar-refractivity contribution in [2.45, 2.75) is 11.8 Å². The highest BCUT2D eigenvalue weighted by molar-refractivity contribution is 9.28. The molecule has 0 fully saturated rings. The van der Waals surface area contributed by atoms with E-state index in [4.69, 9.17) is 0 Å². The van der Waals surface area contributed by atoms with Crippen molar-refractivity contribution in [3.8, 4) is 0 Å².